The second-order valence-corrected chi connectivity index (χ2v) is 9.00. The predicted octanol–water partition coefficient (Wildman–Crippen LogP) is 0.879. The van der Waals surface area contributed by atoms with Crippen LogP contribution in [-0.4, -0.2) is 11.3 Å². The summed E-state index contributed by atoms with van der Waals surface area (Å²) in [7, 11) is 1.49. The van der Waals surface area contributed by atoms with Gasteiger partial charge in [-0.25, -0.2) is 0 Å². The summed E-state index contributed by atoms with van der Waals surface area (Å²) in [5, 5.41) is 0. The minimum Gasteiger partial charge on any atom is -0.497 e. The smallest absolute Gasteiger partial charge is 0.497 e. The third kappa shape index (κ3) is 3.40. The lowest BCUT2D eigenvalue weighted by atomic mass is 10.3. The molecule has 0 saturated carbocycles. The van der Waals surface area contributed by atoms with E-state index in [9.17, 15) is 13.2 Å². The molecule has 2 aromatic carbocycles. The van der Waals surface area contributed by atoms with Crippen LogP contribution < -0.4 is 24.6 Å². The second-order valence-electron chi connectivity index (χ2n) is 3.67. The Hall–Kier alpha value is -1.24. The summed E-state index contributed by atoms with van der Waals surface area (Å²) in [5.74, 6) is 0.565. The Balaban J connectivity index is 2.43. The van der Waals surface area contributed by atoms with Gasteiger partial charge in [-0.15, -0.1) is 13.2 Å². The van der Waals surface area contributed by atoms with Crippen LogP contribution in [0.2, 0.25) is 0 Å². The van der Waals surface area contributed by atoms with Crippen LogP contribution in [0.1, 0.15) is 0 Å². The van der Waals surface area contributed by atoms with Gasteiger partial charge in [0.2, 0.25) is 0 Å². The van der Waals surface area contributed by atoms with E-state index in [1.165, 1.54) is 19.2 Å². The third-order valence-corrected chi connectivity index (χ3v) is 7.59. The summed E-state index contributed by atoms with van der Waals surface area (Å²) >= 11 is -3.43. The molecule has 0 saturated heterocycles. The molecular weight excluding hydrogens is 368 g/mol. The first kappa shape index (κ1) is 14.2. The maximum absolute atomic E-state index is 13.3. The Kier molecular flexibility index (Phi) is 4.34. The van der Waals surface area contributed by atoms with Gasteiger partial charge < -0.3 is 4.74 Å². The molecule has 0 bridgehead atoms. The highest BCUT2D eigenvalue weighted by molar-refractivity contribution is 5.20. The zero-order valence-electron chi connectivity index (χ0n) is 10.1. The number of hydrogen-bond donors (Lipinski definition) is 0. The van der Waals surface area contributed by atoms with Gasteiger partial charge in [-0.2, -0.15) is 0 Å². The van der Waals surface area contributed by atoms with Crippen molar-refractivity contribution in [1.82, 2.24) is 0 Å². The van der Waals surface area contributed by atoms with Gasteiger partial charge in [0, 0.05) is 0 Å². The minimum absolute atomic E-state index is 0.365. The highest BCUT2D eigenvalue weighted by Gasteiger charge is 2.55. The van der Waals surface area contributed by atoms with Crippen molar-refractivity contribution in [1.29, 1.82) is 0 Å². The van der Waals surface area contributed by atoms with Crippen LogP contribution in [0.25, 0.3) is 0 Å². The largest absolute Gasteiger partial charge is 0.571 e. The molecule has 0 spiro atoms. The lowest BCUT2D eigenvalue weighted by Gasteiger charge is -2.09. The van der Waals surface area contributed by atoms with Gasteiger partial charge in [-0.3, -0.25) is 0 Å². The number of hydrogen-bond acceptors (Lipinski definition) is 1. The van der Waals surface area contributed by atoms with E-state index in [2.05, 4.69) is 0 Å². The molecule has 0 amide bonds. The third-order valence-electron chi connectivity index (χ3n) is 2.43. The first-order valence-electron chi connectivity index (χ1n) is 5.48. The molecule has 0 aromatic heterocycles. The average Bonchev–Trinajstić information content (AvgIpc) is 2.39. The highest BCUT2D eigenvalue weighted by atomic mass is 127. The van der Waals surface area contributed by atoms with Crippen molar-refractivity contribution in [2.75, 3.05) is 7.11 Å². The molecule has 0 heterocycles. The van der Waals surface area contributed by atoms with E-state index < -0.39 is 24.0 Å². The average molecular weight is 380 g/mol. The first-order valence-corrected chi connectivity index (χ1v) is 8.71. The topological polar surface area (TPSA) is 9.23 Å². The van der Waals surface area contributed by atoms with Crippen molar-refractivity contribution in [2.45, 2.75) is 4.18 Å². The molecule has 0 aliphatic heterocycles. The van der Waals surface area contributed by atoms with E-state index >= 15 is 0 Å². The predicted molar refractivity (Wildman–Crippen MR) is 62.9 cm³/mol. The van der Waals surface area contributed by atoms with Gasteiger partial charge in [-0.1, -0.05) is 18.2 Å². The molecule has 0 atom stereocenters. The second kappa shape index (κ2) is 5.81. The standard InChI is InChI=1S/C14H12F3IO/c1-19-13-9-7-12(8-10-13)18(14(15,16)17)11-5-3-2-4-6-11/h2-10H,1H3/q+1. The first-order chi connectivity index (χ1) is 9.02. The Morgan fingerprint density at radius 3 is 1.84 bits per heavy atom. The minimum atomic E-state index is -4.17. The lowest BCUT2D eigenvalue weighted by Crippen LogP contribution is -3.89. The summed E-state index contributed by atoms with van der Waals surface area (Å²) in [4.78, 5) is 0. The number of benzene rings is 2. The van der Waals surface area contributed by atoms with E-state index in [0.717, 1.165) is 0 Å². The maximum Gasteiger partial charge on any atom is 0.571 e. The van der Waals surface area contributed by atoms with Gasteiger partial charge in [0.15, 0.2) is 7.14 Å². The molecule has 2 aromatic rings. The zero-order valence-corrected chi connectivity index (χ0v) is 12.3. The quantitative estimate of drug-likeness (QED) is 0.568. The maximum atomic E-state index is 13.3. The molecule has 1 nitrogen and oxygen atoms in total. The Morgan fingerprint density at radius 2 is 1.37 bits per heavy atom. The van der Waals surface area contributed by atoms with Gasteiger partial charge in [0.05, 0.1) is 7.11 Å². The fourth-order valence-electron chi connectivity index (χ4n) is 1.61. The molecule has 5 heteroatoms. The van der Waals surface area contributed by atoms with Crippen LogP contribution >= 0.6 is 0 Å². The number of methoxy groups -OCH3 is 1. The van der Waals surface area contributed by atoms with Gasteiger partial charge in [0.25, 0.3) is 19.8 Å². The van der Waals surface area contributed by atoms with Gasteiger partial charge in [-0.05, 0) is 36.4 Å². The van der Waals surface area contributed by atoms with Gasteiger partial charge in [0.1, 0.15) is 5.75 Å². The van der Waals surface area contributed by atoms with E-state index in [4.69, 9.17) is 4.74 Å². The molecule has 0 aliphatic carbocycles. The molecular formula is C14H12F3IO+. The van der Waals surface area contributed by atoms with Crippen LogP contribution in [0.3, 0.4) is 0 Å². The van der Waals surface area contributed by atoms with Crippen LogP contribution in [0.5, 0.6) is 5.75 Å². The lowest BCUT2D eigenvalue weighted by molar-refractivity contribution is -0.973. The van der Waals surface area contributed by atoms with Crippen molar-refractivity contribution in [2.24, 2.45) is 0 Å². The SMILES string of the molecule is COc1ccc([I+](c2ccccc2)C(F)(F)F)cc1. The molecule has 2 rings (SSSR count). The molecule has 0 unspecified atom stereocenters. The summed E-state index contributed by atoms with van der Waals surface area (Å²) in [6, 6.07) is 14.3. The molecule has 0 fully saturated rings. The van der Waals surface area contributed by atoms with E-state index in [1.807, 2.05) is 0 Å². The zero-order chi connectivity index (χ0) is 13.9. The van der Waals surface area contributed by atoms with Crippen LogP contribution in [0.15, 0.2) is 54.6 Å². The normalized spacial score (nSPS) is 11.6. The Bertz CT molecular complexity index is 523. The molecule has 101 valence electrons. The Labute approximate surface area is 116 Å². The molecule has 0 aliphatic rings. The van der Waals surface area contributed by atoms with E-state index in [-0.39, 0.29) is 0 Å². The van der Waals surface area contributed by atoms with Gasteiger partial charge >= 0.3 is 4.18 Å². The number of ether oxygens (including phenoxy) is 1. The van der Waals surface area contributed by atoms with Crippen molar-refractivity contribution in [3.63, 3.8) is 0 Å². The summed E-state index contributed by atoms with van der Waals surface area (Å²) in [6.07, 6.45) is 0. The highest BCUT2D eigenvalue weighted by Crippen LogP contribution is 2.08. The molecule has 1 radical (unpaired) electrons. The number of halogens is 4. The molecule has 19 heavy (non-hydrogen) atoms. The summed E-state index contributed by atoms with van der Waals surface area (Å²) in [6.45, 7) is 0. The number of alkyl halides is 4. The van der Waals surface area contributed by atoms with Crippen LogP contribution in [0, 0.1) is 7.14 Å². The summed E-state index contributed by atoms with van der Waals surface area (Å²) in [5.41, 5.74) is 0. The van der Waals surface area contributed by atoms with Crippen molar-refractivity contribution in [3.8, 4) is 5.75 Å². The molecule has 0 N–H and O–H groups in total. The van der Waals surface area contributed by atoms with Crippen molar-refractivity contribution >= 4 is 0 Å². The van der Waals surface area contributed by atoms with Crippen LogP contribution in [-0.2, 0) is 0 Å². The monoisotopic (exact) mass is 380 g/mol. The summed E-state index contributed by atoms with van der Waals surface area (Å²) < 4.78 is 41.5. The number of rotatable bonds is 3. The van der Waals surface area contributed by atoms with E-state index in [1.54, 1.807) is 42.5 Å². The fourth-order valence-corrected chi connectivity index (χ4v) is 5.96. The van der Waals surface area contributed by atoms with Crippen molar-refractivity contribution in [3.05, 3.63) is 61.7 Å². The Morgan fingerprint density at radius 1 is 0.842 bits per heavy atom. The van der Waals surface area contributed by atoms with Crippen LogP contribution in [0.4, 0.5) is 13.2 Å². The fraction of sp³-hybridized carbons (Fsp3) is 0.143. The van der Waals surface area contributed by atoms with Crippen molar-refractivity contribution < 1.29 is 37.7 Å². The van der Waals surface area contributed by atoms with E-state index in [0.29, 0.717) is 12.9 Å².